The van der Waals surface area contributed by atoms with Crippen molar-refractivity contribution in [3.63, 3.8) is 0 Å². The van der Waals surface area contributed by atoms with E-state index in [1.165, 1.54) is 0 Å². The Hall–Kier alpha value is -0.740. The number of hydrogen-bond donors (Lipinski definition) is 0. The van der Waals surface area contributed by atoms with Gasteiger partial charge >= 0.3 is 6.18 Å². The Bertz CT molecular complexity index is 307. The van der Waals surface area contributed by atoms with Crippen LogP contribution >= 0.6 is 0 Å². The van der Waals surface area contributed by atoms with Gasteiger partial charge in [-0.25, -0.2) is 0 Å². The van der Waals surface area contributed by atoms with Crippen molar-refractivity contribution in [2.24, 2.45) is 11.3 Å². The minimum atomic E-state index is -4.15. The molecule has 1 rings (SSSR count). The number of carbonyl (C=O) groups excluding carboxylic acids is 1. The van der Waals surface area contributed by atoms with E-state index >= 15 is 0 Å². The largest absolute Gasteiger partial charge is 0.391 e. The van der Waals surface area contributed by atoms with E-state index in [2.05, 4.69) is 0 Å². The van der Waals surface area contributed by atoms with Crippen molar-refractivity contribution in [2.75, 3.05) is 0 Å². The standard InChI is InChI=1S/C13H22F3NO/c1-8-6-10(13(14,15)16)7-9(2)17(8)11(18)12(3,4)5/h8-10H,6-7H2,1-5H3. The van der Waals surface area contributed by atoms with Crippen LogP contribution in [0.2, 0.25) is 0 Å². The minimum Gasteiger partial charge on any atom is -0.337 e. The third kappa shape index (κ3) is 3.18. The predicted molar refractivity (Wildman–Crippen MR) is 64.0 cm³/mol. The maximum atomic E-state index is 12.7. The van der Waals surface area contributed by atoms with Crippen molar-refractivity contribution in [2.45, 2.75) is 65.7 Å². The van der Waals surface area contributed by atoms with Gasteiger partial charge in [-0.15, -0.1) is 0 Å². The van der Waals surface area contributed by atoms with Crippen LogP contribution in [0.15, 0.2) is 0 Å². The highest BCUT2D eigenvalue weighted by Crippen LogP contribution is 2.40. The van der Waals surface area contributed by atoms with E-state index in [1.807, 2.05) is 0 Å². The van der Waals surface area contributed by atoms with Crippen molar-refractivity contribution >= 4 is 5.91 Å². The van der Waals surface area contributed by atoms with Crippen LogP contribution in [-0.2, 0) is 4.79 Å². The molecule has 0 bridgehead atoms. The fraction of sp³-hybridized carbons (Fsp3) is 0.923. The zero-order valence-electron chi connectivity index (χ0n) is 11.6. The summed E-state index contributed by atoms with van der Waals surface area (Å²) >= 11 is 0. The zero-order chi connectivity index (χ0) is 14.3. The highest BCUT2D eigenvalue weighted by molar-refractivity contribution is 5.82. The van der Waals surface area contributed by atoms with Crippen LogP contribution in [0.4, 0.5) is 13.2 Å². The fourth-order valence-electron chi connectivity index (χ4n) is 2.64. The molecule has 2 nitrogen and oxygen atoms in total. The molecule has 1 aliphatic heterocycles. The number of amides is 1. The van der Waals surface area contributed by atoms with Crippen molar-refractivity contribution in [3.8, 4) is 0 Å². The molecule has 0 N–H and O–H groups in total. The number of hydrogen-bond acceptors (Lipinski definition) is 1. The molecule has 1 aliphatic rings. The first-order valence-electron chi connectivity index (χ1n) is 6.34. The molecule has 2 atom stereocenters. The summed E-state index contributed by atoms with van der Waals surface area (Å²) in [5, 5.41) is 0. The lowest BCUT2D eigenvalue weighted by molar-refractivity contribution is -0.197. The highest BCUT2D eigenvalue weighted by atomic mass is 19.4. The van der Waals surface area contributed by atoms with E-state index in [0.717, 1.165) is 0 Å². The molecule has 1 saturated heterocycles. The summed E-state index contributed by atoms with van der Waals surface area (Å²) in [6, 6.07) is -0.709. The molecular weight excluding hydrogens is 243 g/mol. The molecule has 5 heteroatoms. The molecule has 0 aromatic carbocycles. The van der Waals surface area contributed by atoms with E-state index in [-0.39, 0.29) is 30.8 Å². The van der Waals surface area contributed by atoms with Crippen molar-refractivity contribution < 1.29 is 18.0 Å². The van der Waals surface area contributed by atoms with Crippen molar-refractivity contribution in [1.29, 1.82) is 0 Å². The molecule has 2 unspecified atom stereocenters. The average molecular weight is 265 g/mol. The normalized spacial score (nSPS) is 30.4. The second-order valence-corrected chi connectivity index (χ2v) is 6.37. The predicted octanol–water partition coefficient (Wildman–Crippen LogP) is 3.61. The number of halogens is 3. The third-order valence-corrected chi connectivity index (χ3v) is 3.54. The third-order valence-electron chi connectivity index (χ3n) is 3.54. The number of carbonyl (C=O) groups is 1. The molecule has 1 heterocycles. The quantitative estimate of drug-likeness (QED) is 0.655. The Morgan fingerprint density at radius 3 is 1.72 bits per heavy atom. The number of nitrogens with zero attached hydrogens (tertiary/aromatic N) is 1. The second-order valence-electron chi connectivity index (χ2n) is 6.37. The summed E-state index contributed by atoms with van der Waals surface area (Å²) in [5.74, 6) is -1.35. The topological polar surface area (TPSA) is 20.3 Å². The SMILES string of the molecule is CC1CC(C(F)(F)F)CC(C)N1C(=O)C(C)(C)C. The van der Waals surface area contributed by atoms with Gasteiger partial charge in [-0.05, 0) is 26.7 Å². The van der Waals surface area contributed by atoms with Gasteiger partial charge in [-0.1, -0.05) is 20.8 Å². The molecule has 0 spiro atoms. The molecule has 0 saturated carbocycles. The number of piperidine rings is 1. The van der Waals surface area contributed by atoms with Crippen molar-refractivity contribution in [3.05, 3.63) is 0 Å². The summed E-state index contributed by atoms with van der Waals surface area (Å²) in [6.07, 6.45) is -4.13. The first kappa shape index (κ1) is 15.3. The number of alkyl halides is 3. The van der Waals surface area contributed by atoms with Gasteiger partial charge in [-0.3, -0.25) is 4.79 Å². The van der Waals surface area contributed by atoms with Crippen molar-refractivity contribution in [1.82, 2.24) is 4.90 Å². The minimum absolute atomic E-state index is 0.00958. The van der Waals surface area contributed by atoms with Crippen LogP contribution in [0.5, 0.6) is 0 Å². The van der Waals surface area contributed by atoms with Gasteiger partial charge in [0.2, 0.25) is 5.91 Å². The first-order valence-corrected chi connectivity index (χ1v) is 6.34. The van der Waals surface area contributed by atoms with Gasteiger partial charge in [0, 0.05) is 17.5 Å². The Morgan fingerprint density at radius 2 is 1.44 bits per heavy atom. The van der Waals surface area contributed by atoms with E-state index < -0.39 is 17.5 Å². The van der Waals surface area contributed by atoms with E-state index in [4.69, 9.17) is 0 Å². The molecule has 1 fully saturated rings. The van der Waals surface area contributed by atoms with E-state index in [1.54, 1.807) is 39.5 Å². The maximum Gasteiger partial charge on any atom is 0.391 e. The number of likely N-dealkylation sites (tertiary alicyclic amines) is 1. The smallest absolute Gasteiger partial charge is 0.337 e. The zero-order valence-corrected chi connectivity index (χ0v) is 11.6. The lowest BCUT2D eigenvalue weighted by Crippen LogP contribution is -2.55. The van der Waals surface area contributed by atoms with Gasteiger partial charge in [0.25, 0.3) is 0 Å². The summed E-state index contributed by atoms with van der Waals surface area (Å²) in [7, 11) is 0. The molecule has 106 valence electrons. The van der Waals surface area contributed by atoms with Crippen LogP contribution in [0.25, 0.3) is 0 Å². The Balaban J connectivity index is 2.86. The van der Waals surface area contributed by atoms with Crippen LogP contribution < -0.4 is 0 Å². The lowest BCUT2D eigenvalue weighted by Gasteiger charge is -2.45. The molecular formula is C13H22F3NO. The Morgan fingerprint density at radius 1 is 1.06 bits per heavy atom. The average Bonchev–Trinajstić information content (AvgIpc) is 2.13. The van der Waals surface area contributed by atoms with E-state index in [0.29, 0.717) is 0 Å². The van der Waals surface area contributed by atoms with Gasteiger partial charge in [0.05, 0.1) is 5.92 Å². The van der Waals surface area contributed by atoms with Gasteiger partial charge < -0.3 is 4.90 Å². The molecule has 18 heavy (non-hydrogen) atoms. The second kappa shape index (κ2) is 4.74. The summed E-state index contributed by atoms with van der Waals surface area (Å²) < 4.78 is 38.2. The number of rotatable bonds is 0. The summed E-state index contributed by atoms with van der Waals surface area (Å²) in [5.41, 5.74) is -0.548. The Labute approximate surface area is 107 Å². The summed E-state index contributed by atoms with van der Waals surface area (Å²) in [6.45, 7) is 8.80. The monoisotopic (exact) mass is 265 g/mol. The van der Waals surface area contributed by atoms with Gasteiger partial charge in [0.15, 0.2) is 0 Å². The fourth-order valence-corrected chi connectivity index (χ4v) is 2.64. The Kier molecular flexibility index (Phi) is 4.03. The molecule has 0 aromatic heterocycles. The maximum absolute atomic E-state index is 12.7. The van der Waals surface area contributed by atoms with Gasteiger partial charge in [0.1, 0.15) is 0 Å². The molecule has 0 radical (unpaired) electrons. The molecule has 0 aliphatic carbocycles. The van der Waals surface area contributed by atoms with Gasteiger partial charge in [-0.2, -0.15) is 13.2 Å². The lowest BCUT2D eigenvalue weighted by atomic mass is 9.84. The van der Waals surface area contributed by atoms with Crippen LogP contribution in [-0.4, -0.2) is 29.1 Å². The summed E-state index contributed by atoms with van der Waals surface area (Å²) in [4.78, 5) is 13.9. The first-order chi connectivity index (χ1) is 7.94. The highest BCUT2D eigenvalue weighted by Gasteiger charge is 2.47. The van der Waals surface area contributed by atoms with Crippen LogP contribution in [0.1, 0.15) is 47.5 Å². The van der Waals surface area contributed by atoms with E-state index in [9.17, 15) is 18.0 Å². The molecule has 1 amide bonds. The molecule has 0 aromatic rings. The van der Waals surface area contributed by atoms with Crippen LogP contribution in [0, 0.1) is 11.3 Å². The van der Waals surface area contributed by atoms with Crippen LogP contribution in [0.3, 0.4) is 0 Å².